The number of halogens is 4. The van der Waals surface area contributed by atoms with E-state index >= 15 is 0 Å². The molecule has 0 saturated carbocycles. The van der Waals surface area contributed by atoms with Gasteiger partial charge in [0, 0.05) is 9.35 Å². The molecule has 6 heteroatoms. The van der Waals surface area contributed by atoms with Crippen LogP contribution in [0.4, 0.5) is 0 Å². The zero-order chi connectivity index (χ0) is 13.3. The first-order valence-electron chi connectivity index (χ1n) is 5.10. The van der Waals surface area contributed by atoms with E-state index in [0.717, 1.165) is 19.2 Å². The zero-order valence-electron chi connectivity index (χ0n) is 9.31. The topological polar surface area (TPSA) is 12.0 Å². The lowest BCUT2D eigenvalue weighted by Gasteiger charge is -2.15. The maximum absolute atomic E-state index is 6.07. The molecule has 0 aliphatic carbocycles. The van der Waals surface area contributed by atoms with Crippen LogP contribution in [0.15, 0.2) is 28.7 Å². The average molecular weight is 386 g/mol. The third-order valence-corrected chi connectivity index (χ3v) is 5.79. The molecule has 1 atom stereocenters. The molecular weight excluding hydrogens is 376 g/mol. The Morgan fingerprint density at radius 2 is 1.89 bits per heavy atom. The molecule has 1 aromatic carbocycles. The third kappa shape index (κ3) is 3.03. The van der Waals surface area contributed by atoms with Crippen molar-refractivity contribution in [3.05, 3.63) is 53.6 Å². The minimum Gasteiger partial charge on any atom is -0.309 e. The van der Waals surface area contributed by atoms with E-state index in [0.29, 0.717) is 10.0 Å². The Morgan fingerprint density at radius 1 is 1.17 bits per heavy atom. The molecule has 1 heterocycles. The molecular formula is C12H9BrCl3NS. The van der Waals surface area contributed by atoms with Gasteiger partial charge in [-0.15, -0.1) is 11.3 Å². The fourth-order valence-corrected chi connectivity index (χ4v) is 3.85. The summed E-state index contributed by atoms with van der Waals surface area (Å²) >= 11 is 23.0. The van der Waals surface area contributed by atoms with E-state index in [9.17, 15) is 0 Å². The first-order valence-corrected chi connectivity index (χ1v) is 7.84. The first-order chi connectivity index (χ1) is 8.52. The summed E-state index contributed by atoms with van der Waals surface area (Å²) in [6.07, 6.45) is 0. The second-order valence-corrected chi connectivity index (χ2v) is 7.02. The van der Waals surface area contributed by atoms with Gasteiger partial charge < -0.3 is 5.32 Å². The average Bonchev–Trinajstić information content (AvgIpc) is 2.65. The summed E-state index contributed by atoms with van der Waals surface area (Å²) in [5.41, 5.74) is 1.05. The Labute approximate surface area is 133 Å². The van der Waals surface area contributed by atoms with Gasteiger partial charge in [-0.25, -0.2) is 0 Å². The lowest BCUT2D eigenvalue weighted by Crippen LogP contribution is -2.16. The van der Waals surface area contributed by atoms with Crippen LogP contribution in [0.2, 0.25) is 14.4 Å². The van der Waals surface area contributed by atoms with Crippen LogP contribution in [0, 0.1) is 0 Å². The van der Waals surface area contributed by atoms with Crippen molar-refractivity contribution in [3.8, 4) is 0 Å². The smallest absolute Gasteiger partial charge is 0.107 e. The highest BCUT2D eigenvalue weighted by Gasteiger charge is 2.17. The van der Waals surface area contributed by atoms with Gasteiger partial charge in [-0.3, -0.25) is 0 Å². The van der Waals surface area contributed by atoms with Gasteiger partial charge in [0.2, 0.25) is 0 Å². The van der Waals surface area contributed by atoms with E-state index < -0.39 is 0 Å². The number of thiophene rings is 1. The quantitative estimate of drug-likeness (QED) is 0.706. The van der Waals surface area contributed by atoms with Gasteiger partial charge in [0.1, 0.15) is 4.34 Å². The van der Waals surface area contributed by atoms with Crippen LogP contribution in [-0.4, -0.2) is 7.05 Å². The van der Waals surface area contributed by atoms with Gasteiger partial charge >= 0.3 is 0 Å². The van der Waals surface area contributed by atoms with Gasteiger partial charge in [0.05, 0.1) is 16.1 Å². The van der Waals surface area contributed by atoms with Crippen LogP contribution >= 0.6 is 62.1 Å². The lowest BCUT2D eigenvalue weighted by molar-refractivity contribution is 0.704. The van der Waals surface area contributed by atoms with Crippen LogP contribution in [-0.2, 0) is 0 Å². The number of hydrogen-bond donors (Lipinski definition) is 1. The van der Waals surface area contributed by atoms with Crippen molar-refractivity contribution in [2.24, 2.45) is 0 Å². The molecule has 1 nitrogen and oxygen atoms in total. The molecule has 1 unspecified atom stereocenters. The summed E-state index contributed by atoms with van der Waals surface area (Å²) in [5.74, 6) is 0. The second kappa shape index (κ2) is 6.12. The molecule has 0 aliphatic rings. The fourth-order valence-electron chi connectivity index (χ4n) is 1.67. The number of benzene rings is 1. The van der Waals surface area contributed by atoms with E-state index in [4.69, 9.17) is 34.8 Å². The van der Waals surface area contributed by atoms with Crippen molar-refractivity contribution in [2.45, 2.75) is 6.04 Å². The molecule has 0 bridgehead atoms. The Bertz CT molecular complexity index is 551. The molecule has 0 aliphatic heterocycles. The zero-order valence-corrected chi connectivity index (χ0v) is 14.0. The maximum Gasteiger partial charge on any atom is 0.107 e. The SMILES string of the molecule is CNC(c1ccc(Cl)c(Cl)c1)c1cc(Br)c(Cl)s1. The van der Waals surface area contributed by atoms with E-state index in [-0.39, 0.29) is 6.04 Å². The molecule has 2 aromatic rings. The van der Waals surface area contributed by atoms with Gasteiger partial charge in [-0.05, 0) is 46.7 Å². The van der Waals surface area contributed by atoms with Gasteiger partial charge in [0.25, 0.3) is 0 Å². The normalized spacial score (nSPS) is 12.7. The minimum absolute atomic E-state index is 0.0496. The number of rotatable bonds is 3. The van der Waals surface area contributed by atoms with Crippen molar-refractivity contribution in [1.82, 2.24) is 5.32 Å². The molecule has 18 heavy (non-hydrogen) atoms. The van der Waals surface area contributed by atoms with Crippen LogP contribution < -0.4 is 5.32 Å². The van der Waals surface area contributed by atoms with Crippen LogP contribution in [0.25, 0.3) is 0 Å². The highest BCUT2D eigenvalue weighted by Crippen LogP contribution is 2.38. The molecule has 2 rings (SSSR count). The highest BCUT2D eigenvalue weighted by molar-refractivity contribution is 9.10. The molecule has 0 fully saturated rings. The molecule has 0 amide bonds. The van der Waals surface area contributed by atoms with E-state index in [1.165, 1.54) is 11.3 Å². The molecule has 0 spiro atoms. The highest BCUT2D eigenvalue weighted by atomic mass is 79.9. The van der Waals surface area contributed by atoms with Gasteiger partial charge in [-0.2, -0.15) is 0 Å². The van der Waals surface area contributed by atoms with Crippen LogP contribution in [0.5, 0.6) is 0 Å². The minimum atomic E-state index is 0.0496. The van der Waals surface area contributed by atoms with Crippen molar-refractivity contribution >= 4 is 62.1 Å². The predicted octanol–water partition coefficient (Wildman–Crippen LogP) is 5.78. The number of nitrogens with one attached hydrogen (secondary N) is 1. The van der Waals surface area contributed by atoms with Crippen molar-refractivity contribution < 1.29 is 0 Å². The molecule has 1 aromatic heterocycles. The third-order valence-electron chi connectivity index (χ3n) is 2.51. The number of hydrogen-bond acceptors (Lipinski definition) is 2. The Morgan fingerprint density at radius 3 is 2.39 bits per heavy atom. The second-order valence-electron chi connectivity index (χ2n) is 3.67. The van der Waals surface area contributed by atoms with Crippen LogP contribution in [0.1, 0.15) is 16.5 Å². The predicted molar refractivity (Wildman–Crippen MR) is 84.4 cm³/mol. The lowest BCUT2D eigenvalue weighted by atomic mass is 10.1. The summed E-state index contributed by atoms with van der Waals surface area (Å²) in [4.78, 5) is 1.12. The maximum atomic E-state index is 6.07. The first kappa shape index (κ1) is 14.6. The molecule has 0 radical (unpaired) electrons. The Hall–Kier alpha value is 0.230. The Kier molecular flexibility index (Phi) is 4.98. The summed E-state index contributed by atoms with van der Waals surface area (Å²) in [7, 11) is 1.90. The van der Waals surface area contributed by atoms with Crippen molar-refractivity contribution in [2.75, 3.05) is 7.05 Å². The standard InChI is InChI=1S/C12H9BrCl3NS/c1-17-11(10-5-7(13)12(16)18-10)6-2-3-8(14)9(15)4-6/h2-5,11,17H,1H3. The van der Waals surface area contributed by atoms with E-state index in [2.05, 4.69) is 21.2 Å². The van der Waals surface area contributed by atoms with Gasteiger partial charge in [0.15, 0.2) is 0 Å². The van der Waals surface area contributed by atoms with Crippen molar-refractivity contribution in [3.63, 3.8) is 0 Å². The van der Waals surface area contributed by atoms with Crippen LogP contribution in [0.3, 0.4) is 0 Å². The summed E-state index contributed by atoms with van der Waals surface area (Å²) in [6, 6.07) is 7.68. The molecule has 1 N–H and O–H groups in total. The van der Waals surface area contributed by atoms with Crippen molar-refractivity contribution in [1.29, 1.82) is 0 Å². The Balaban J connectivity index is 2.41. The fraction of sp³-hybridized carbons (Fsp3) is 0.167. The largest absolute Gasteiger partial charge is 0.309 e. The monoisotopic (exact) mass is 383 g/mol. The van der Waals surface area contributed by atoms with E-state index in [1.54, 1.807) is 6.07 Å². The molecule has 96 valence electrons. The van der Waals surface area contributed by atoms with E-state index in [1.807, 2.05) is 25.2 Å². The summed E-state index contributed by atoms with van der Waals surface area (Å²) < 4.78 is 1.65. The molecule has 0 saturated heterocycles. The summed E-state index contributed by atoms with van der Waals surface area (Å²) in [5, 5.41) is 4.36. The summed E-state index contributed by atoms with van der Waals surface area (Å²) in [6.45, 7) is 0. The van der Waals surface area contributed by atoms with Gasteiger partial charge in [-0.1, -0.05) is 40.9 Å².